The lowest BCUT2D eigenvalue weighted by Gasteiger charge is -2.21. The van der Waals surface area contributed by atoms with E-state index in [1.54, 1.807) is 18.2 Å². The minimum atomic E-state index is -3.74. The van der Waals surface area contributed by atoms with Crippen LogP contribution in [0.2, 0.25) is 0 Å². The summed E-state index contributed by atoms with van der Waals surface area (Å²) in [5.74, 6) is -1.54. The second-order valence-corrected chi connectivity index (χ2v) is 8.53. The number of aliphatic carboxylic acids is 1. The SMILES string of the molecule is O=C(O)CN(CCc1ccccc1)C(=O)c1ccc(NS(=O)(=O)c2ccccc2)cc1. The molecule has 7 nitrogen and oxygen atoms in total. The maximum absolute atomic E-state index is 12.8. The number of nitrogens with zero attached hydrogens (tertiary/aromatic N) is 1. The summed E-state index contributed by atoms with van der Waals surface area (Å²) < 4.78 is 27.3. The van der Waals surface area contributed by atoms with E-state index < -0.39 is 28.4 Å². The van der Waals surface area contributed by atoms with E-state index in [2.05, 4.69) is 4.72 Å². The van der Waals surface area contributed by atoms with Gasteiger partial charge in [-0.05, 0) is 48.4 Å². The third kappa shape index (κ3) is 6.16. The lowest BCUT2D eigenvalue weighted by Crippen LogP contribution is -2.37. The van der Waals surface area contributed by atoms with Crippen LogP contribution >= 0.6 is 0 Å². The lowest BCUT2D eigenvalue weighted by atomic mass is 10.1. The molecule has 0 spiro atoms. The molecule has 0 aliphatic carbocycles. The van der Waals surface area contributed by atoms with E-state index in [0.717, 1.165) is 5.56 Å². The van der Waals surface area contributed by atoms with Gasteiger partial charge in [-0.15, -0.1) is 0 Å². The summed E-state index contributed by atoms with van der Waals surface area (Å²) in [6, 6.07) is 23.3. The Morgan fingerprint density at radius 1 is 0.839 bits per heavy atom. The Morgan fingerprint density at radius 3 is 2.00 bits per heavy atom. The second-order valence-electron chi connectivity index (χ2n) is 6.85. The number of anilines is 1. The number of sulfonamides is 1. The molecular formula is C23H22N2O5S. The molecule has 31 heavy (non-hydrogen) atoms. The highest BCUT2D eigenvalue weighted by atomic mass is 32.2. The Morgan fingerprint density at radius 2 is 1.42 bits per heavy atom. The van der Waals surface area contributed by atoms with E-state index >= 15 is 0 Å². The van der Waals surface area contributed by atoms with Crippen LogP contribution < -0.4 is 4.72 Å². The molecule has 1 amide bonds. The summed E-state index contributed by atoms with van der Waals surface area (Å²) in [5.41, 5.74) is 1.57. The van der Waals surface area contributed by atoms with E-state index in [-0.39, 0.29) is 17.0 Å². The largest absolute Gasteiger partial charge is 0.480 e. The summed E-state index contributed by atoms with van der Waals surface area (Å²) >= 11 is 0. The standard InChI is InChI=1S/C23H22N2O5S/c26-22(27)17-25(16-15-18-7-3-1-4-8-18)23(28)19-11-13-20(14-12-19)24-31(29,30)21-9-5-2-6-10-21/h1-14,24H,15-17H2,(H,26,27). The highest BCUT2D eigenvalue weighted by Gasteiger charge is 2.19. The molecule has 0 fully saturated rings. The molecule has 0 aliphatic rings. The third-order valence-electron chi connectivity index (χ3n) is 4.56. The number of nitrogens with one attached hydrogen (secondary N) is 1. The maximum atomic E-state index is 12.8. The van der Waals surface area contributed by atoms with Crippen molar-refractivity contribution < 1.29 is 23.1 Å². The van der Waals surface area contributed by atoms with Crippen molar-refractivity contribution in [3.05, 3.63) is 96.1 Å². The minimum Gasteiger partial charge on any atom is -0.480 e. The van der Waals surface area contributed by atoms with Crippen molar-refractivity contribution in [2.24, 2.45) is 0 Å². The summed E-state index contributed by atoms with van der Waals surface area (Å²) in [7, 11) is -3.74. The molecule has 2 N–H and O–H groups in total. The monoisotopic (exact) mass is 438 g/mol. The fourth-order valence-electron chi connectivity index (χ4n) is 3.00. The van der Waals surface area contributed by atoms with Crippen molar-refractivity contribution >= 4 is 27.6 Å². The molecular weight excluding hydrogens is 416 g/mol. The number of benzene rings is 3. The highest BCUT2D eigenvalue weighted by Crippen LogP contribution is 2.17. The van der Waals surface area contributed by atoms with Crippen LogP contribution in [-0.2, 0) is 21.2 Å². The first-order valence-corrected chi connectivity index (χ1v) is 11.1. The Labute approximate surface area is 181 Å². The van der Waals surface area contributed by atoms with Crippen LogP contribution in [0.4, 0.5) is 5.69 Å². The average molecular weight is 439 g/mol. The van der Waals surface area contributed by atoms with Crippen LogP contribution in [0.1, 0.15) is 15.9 Å². The van der Waals surface area contributed by atoms with Crippen molar-refractivity contribution in [3.8, 4) is 0 Å². The van der Waals surface area contributed by atoms with Crippen molar-refractivity contribution in [1.29, 1.82) is 0 Å². The van der Waals surface area contributed by atoms with Gasteiger partial charge in [-0.2, -0.15) is 0 Å². The number of carboxylic acids is 1. The number of carbonyl (C=O) groups excluding carboxylic acids is 1. The molecule has 0 heterocycles. The maximum Gasteiger partial charge on any atom is 0.323 e. The number of amides is 1. The van der Waals surface area contributed by atoms with Crippen molar-refractivity contribution in [3.63, 3.8) is 0 Å². The highest BCUT2D eigenvalue weighted by molar-refractivity contribution is 7.92. The minimum absolute atomic E-state index is 0.128. The first-order chi connectivity index (χ1) is 14.8. The van der Waals surface area contributed by atoms with Gasteiger partial charge in [0.05, 0.1) is 4.90 Å². The molecule has 0 unspecified atom stereocenters. The van der Waals surface area contributed by atoms with E-state index in [1.807, 2.05) is 30.3 Å². The molecule has 0 aromatic heterocycles. The van der Waals surface area contributed by atoms with E-state index in [1.165, 1.54) is 41.3 Å². The van der Waals surface area contributed by atoms with Gasteiger partial charge in [0, 0.05) is 17.8 Å². The van der Waals surface area contributed by atoms with Gasteiger partial charge in [0.15, 0.2) is 0 Å². The quantitative estimate of drug-likeness (QED) is 0.534. The molecule has 0 atom stereocenters. The van der Waals surface area contributed by atoms with Crippen molar-refractivity contribution in [2.45, 2.75) is 11.3 Å². The second kappa shape index (κ2) is 9.90. The van der Waals surface area contributed by atoms with Gasteiger partial charge in [-0.25, -0.2) is 8.42 Å². The lowest BCUT2D eigenvalue weighted by molar-refractivity contribution is -0.137. The summed E-state index contributed by atoms with van der Waals surface area (Å²) in [4.78, 5) is 25.5. The Balaban J connectivity index is 1.71. The van der Waals surface area contributed by atoms with Crippen molar-refractivity contribution in [1.82, 2.24) is 4.90 Å². The van der Waals surface area contributed by atoms with Crippen LogP contribution in [-0.4, -0.2) is 43.4 Å². The molecule has 3 aromatic carbocycles. The van der Waals surface area contributed by atoms with Gasteiger partial charge in [0.2, 0.25) is 0 Å². The first kappa shape index (κ1) is 22.0. The molecule has 3 aromatic rings. The van der Waals surface area contributed by atoms with Crippen LogP contribution in [0.3, 0.4) is 0 Å². The Hall–Kier alpha value is -3.65. The van der Waals surface area contributed by atoms with E-state index in [0.29, 0.717) is 12.1 Å². The molecule has 0 saturated heterocycles. The van der Waals surface area contributed by atoms with Gasteiger partial charge in [0.1, 0.15) is 6.54 Å². The topological polar surface area (TPSA) is 104 Å². The van der Waals surface area contributed by atoms with E-state index in [9.17, 15) is 23.1 Å². The molecule has 0 bridgehead atoms. The molecule has 0 aliphatic heterocycles. The molecule has 0 radical (unpaired) electrons. The summed E-state index contributed by atoms with van der Waals surface area (Å²) in [5, 5.41) is 9.19. The summed E-state index contributed by atoms with van der Waals surface area (Å²) in [6.45, 7) is -0.175. The van der Waals surface area contributed by atoms with Gasteiger partial charge in [-0.3, -0.25) is 14.3 Å². The van der Waals surface area contributed by atoms with Crippen molar-refractivity contribution in [2.75, 3.05) is 17.8 Å². The summed E-state index contributed by atoms with van der Waals surface area (Å²) in [6.07, 6.45) is 0.523. The third-order valence-corrected chi connectivity index (χ3v) is 5.96. The van der Waals surface area contributed by atoms with Gasteiger partial charge in [-0.1, -0.05) is 48.5 Å². The van der Waals surface area contributed by atoms with Crippen LogP contribution in [0.25, 0.3) is 0 Å². The first-order valence-electron chi connectivity index (χ1n) is 9.58. The van der Waals surface area contributed by atoms with E-state index in [4.69, 9.17) is 0 Å². The smallest absolute Gasteiger partial charge is 0.323 e. The fourth-order valence-corrected chi connectivity index (χ4v) is 4.08. The zero-order chi connectivity index (χ0) is 22.3. The zero-order valence-electron chi connectivity index (χ0n) is 16.6. The Kier molecular flexibility index (Phi) is 7.04. The van der Waals surface area contributed by atoms with Gasteiger partial charge in [0.25, 0.3) is 15.9 Å². The molecule has 8 heteroatoms. The number of hydrogen-bond donors (Lipinski definition) is 2. The fraction of sp³-hybridized carbons (Fsp3) is 0.130. The molecule has 160 valence electrons. The van der Waals surface area contributed by atoms with Crippen LogP contribution in [0.5, 0.6) is 0 Å². The zero-order valence-corrected chi connectivity index (χ0v) is 17.5. The van der Waals surface area contributed by atoms with Crippen LogP contribution in [0.15, 0.2) is 89.8 Å². The number of carbonyl (C=O) groups is 2. The number of rotatable bonds is 9. The average Bonchev–Trinajstić information content (AvgIpc) is 2.77. The van der Waals surface area contributed by atoms with Crippen LogP contribution in [0, 0.1) is 0 Å². The number of hydrogen-bond acceptors (Lipinski definition) is 4. The van der Waals surface area contributed by atoms with Gasteiger partial charge >= 0.3 is 5.97 Å². The predicted molar refractivity (Wildman–Crippen MR) is 117 cm³/mol. The van der Waals surface area contributed by atoms with Gasteiger partial charge < -0.3 is 10.0 Å². The molecule has 0 saturated carbocycles. The molecule has 3 rings (SSSR count). The Bertz CT molecular complexity index is 1130. The predicted octanol–water partition coefficient (Wildman–Crippen LogP) is 3.26. The normalized spacial score (nSPS) is 11.0. The number of carboxylic acid groups (broad SMARTS) is 1.